The molecule has 0 aliphatic heterocycles. The Morgan fingerprint density at radius 3 is 2.69 bits per heavy atom. The maximum atomic E-state index is 12.7. The molecule has 0 spiro atoms. The minimum atomic E-state index is -3.76. The van der Waals surface area contributed by atoms with Gasteiger partial charge >= 0.3 is 0 Å². The van der Waals surface area contributed by atoms with E-state index in [1.807, 2.05) is 12.1 Å². The molecule has 0 bridgehead atoms. The van der Waals surface area contributed by atoms with Gasteiger partial charge in [-0.05, 0) is 45.4 Å². The minimum Gasteiger partial charge on any atom is -0.448 e. The molecule has 1 amide bonds. The van der Waals surface area contributed by atoms with Crippen LogP contribution in [0.5, 0.6) is 0 Å². The fraction of sp³-hybridized carbons (Fsp3) is 0.429. The Kier molecular flexibility index (Phi) is 7.35. The second-order valence-electron chi connectivity index (χ2n) is 8.00. The van der Waals surface area contributed by atoms with Crippen molar-refractivity contribution >= 4 is 54.9 Å². The SMILES string of the molecule is COC(C)(C)CCSc1nc2ccc(NC(=O)c3cc(S(=O)(=O)N(C)C)oc3C)cc2s1. The molecular formula is C21H27N3O5S3. The van der Waals surface area contributed by atoms with E-state index in [9.17, 15) is 13.2 Å². The Morgan fingerprint density at radius 1 is 1.31 bits per heavy atom. The van der Waals surface area contributed by atoms with Crippen LogP contribution in [0.3, 0.4) is 0 Å². The van der Waals surface area contributed by atoms with Crippen LogP contribution in [0.4, 0.5) is 5.69 Å². The van der Waals surface area contributed by atoms with Gasteiger partial charge in [-0.25, -0.2) is 17.7 Å². The Morgan fingerprint density at radius 2 is 2.03 bits per heavy atom. The number of aryl methyl sites for hydroxylation is 1. The van der Waals surface area contributed by atoms with Gasteiger partial charge in [-0.15, -0.1) is 11.3 Å². The van der Waals surface area contributed by atoms with E-state index >= 15 is 0 Å². The largest absolute Gasteiger partial charge is 0.448 e. The van der Waals surface area contributed by atoms with Gasteiger partial charge in [0.2, 0.25) is 5.09 Å². The average molecular weight is 498 g/mol. The molecule has 11 heteroatoms. The predicted octanol–water partition coefficient (Wildman–Crippen LogP) is 4.61. The van der Waals surface area contributed by atoms with Crippen molar-refractivity contribution in [3.8, 4) is 0 Å². The summed E-state index contributed by atoms with van der Waals surface area (Å²) in [5, 5.41) is 2.55. The first-order valence-corrected chi connectivity index (χ1v) is 13.1. The zero-order valence-electron chi connectivity index (χ0n) is 18.9. The van der Waals surface area contributed by atoms with Crippen molar-refractivity contribution in [2.45, 2.75) is 42.2 Å². The van der Waals surface area contributed by atoms with Crippen LogP contribution in [0.15, 0.2) is 38.1 Å². The first kappa shape index (κ1) is 24.7. The fourth-order valence-corrected chi connectivity index (χ4v) is 5.99. The number of thiazole rings is 1. The summed E-state index contributed by atoms with van der Waals surface area (Å²) in [5.41, 5.74) is 1.46. The molecule has 0 aliphatic carbocycles. The summed E-state index contributed by atoms with van der Waals surface area (Å²) in [6, 6.07) is 6.74. The van der Waals surface area contributed by atoms with Crippen LogP contribution in [-0.4, -0.2) is 56.2 Å². The Labute approximate surface area is 196 Å². The van der Waals surface area contributed by atoms with Gasteiger partial charge in [-0.1, -0.05) is 11.8 Å². The van der Waals surface area contributed by atoms with Crippen LogP contribution in [0.25, 0.3) is 10.2 Å². The first-order valence-electron chi connectivity index (χ1n) is 9.86. The molecule has 0 fully saturated rings. The maximum absolute atomic E-state index is 12.7. The number of anilines is 1. The highest BCUT2D eigenvalue weighted by atomic mass is 32.2. The number of aromatic nitrogens is 1. The smallest absolute Gasteiger partial charge is 0.275 e. The third kappa shape index (κ3) is 5.52. The number of amides is 1. The number of hydrogen-bond donors (Lipinski definition) is 1. The summed E-state index contributed by atoms with van der Waals surface area (Å²) in [6.07, 6.45) is 0.904. The highest BCUT2D eigenvalue weighted by Crippen LogP contribution is 2.33. The van der Waals surface area contributed by atoms with Gasteiger partial charge in [0.25, 0.3) is 15.9 Å². The number of benzene rings is 1. The molecule has 174 valence electrons. The van der Waals surface area contributed by atoms with Crippen molar-refractivity contribution in [2.75, 3.05) is 32.3 Å². The molecule has 0 unspecified atom stereocenters. The van der Waals surface area contributed by atoms with Crippen molar-refractivity contribution in [1.82, 2.24) is 9.29 Å². The van der Waals surface area contributed by atoms with Crippen LogP contribution in [0, 0.1) is 6.92 Å². The Balaban J connectivity index is 1.73. The van der Waals surface area contributed by atoms with Gasteiger partial charge in [-0.3, -0.25) is 4.79 Å². The van der Waals surface area contributed by atoms with Gasteiger partial charge in [0.05, 0.1) is 21.4 Å². The number of hydrogen-bond acceptors (Lipinski definition) is 8. The second-order valence-corrected chi connectivity index (χ2v) is 12.5. The molecular weight excluding hydrogens is 470 g/mol. The van der Waals surface area contributed by atoms with E-state index in [-0.39, 0.29) is 22.0 Å². The summed E-state index contributed by atoms with van der Waals surface area (Å²) < 4.78 is 38.3. The van der Waals surface area contributed by atoms with Crippen LogP contribution in [0.2, 0.25) is 0 Å². The van der Waals surface area contributed by atoms with Gasteiger partial charge in [0.15, 0.2) is 4.34 Å². The zero-order valence-corrected chi connectivity index (χ0v) is 21.3. The molecule has 0 saturated carbocycles. The van der Waals surface area contributed by atoms with E-state index in [0.29, 0.717) is 5.69 Å². The molecule has 32 heavy (non-hydrogen) atoms. The topological polar surface area (TPSA) is 102 Å². The van der Waals surface area contributed by atoms with E-state index < -0.39 is 15.9 Å². The normalized spacial score (nSPS) is 12.6. The number of ether oxygens (including phenoxy) is 1. The van der Waals surface area contributed by atoms with Crippen molar-refractivity contribution in [1.29, 1.82) is 0 Å². The summed E-state index contributed by atoms with van der Waals surface area (Å²) in [7, 11) is 0.763. The molecule has 0 radical (unpaired) electrons. The number of fused-ring (bicyclic) bond motifs is 1. The quantitative estimate of drug-likeness (QED) is 0.431. The number of nitrogens with one attached hydrogen (secondary N) is 1. The molecule has 1 aromatic carbocycles. The van der Waals surface area contributed by atoms with Crippen molar-refractivity contribution in [3.05, 3.63) is 35.6 Å². The number of furan rings is 1. The first-order chi connectivity index (χ1) is 14.9. The number of carbonyl (C=O) groups is 1. The third-order valence-electron chi connectivity index (χ3n) is 4.98. The summed E-state index contributed by atoms with van der Waals surface area (Å²) in [5.74, 6) is 0.688. The lowest BCUT2D eigenvalue weighted by atomic mass is 10.1. The Bertz CT molecular complexity index is 1230. The molecule has 1 N–H and O–H groups in total. The standard InChI is InChI=1S/C21H27N3O5S3/c1-13-15(12-18(29-13)32(26,27)24(4)5)19(25)22-14-7-8-16-17(11-14)31-20(23-16)30-10-9-21(2,3)28-6/h7-8,11-12H,9-10H2,1-6H3,(H,22,25). The van der Waals surface area contributed by atoms with E-state index in [1.165, 1.54) is 20.2 Å². The summed E-state index contributed by atoms with van der Waals surface area (Å²) >= 11 is 3.24. The van der Waals surface area contributed by atoms with Crippen molar-refractivity contribution in [3.63, 3.8) is 0 Å². The van der Waals surface area contributed by atoms with E-state index in [4.69, 9.17) is 9.15 Å². The number of sulfonamides is 1. The van der Waals surface area contributed by atoms with E-state index in [1.54, 1.807) is 43.2 Å². The molecule has 2 aromatic heterocycles. The zero-order chi connectivity index (χ0) is 23.7. The second kappa shape index (κ2) is 9.52. The predicted molar refractivity (Wildman–Crippen MR) is 128 cm³/mol. The highest BCUT2D eigenvalue weighted by molar-refractivity contribution is 8.01. The number of carbonyl (C=O) groups excluding carboxylic acids is 1. The molecule has 0 saturated heterocycles. The molecule has 8 nitrogen and oxygen atoms in total. The Hall–Kier alpha value is -1.92. The van der Waals surface area contributed by atoms with E-state index in [0.717, 1.165) is 31.0 Å². The van der Waals surface area contributed by atoms with Crippen molar-refractivity contribution < 1.29 is 22.4 Å². The molecule has 3 rings (SSSR count). The summed E-state index contributed by atoms with van der Waals surface area (Å²) in [6.45, 7) is 5.67. The number of thioether (sulfide) groups is 1. The van der Waals surface area contributed by atoms with E-state index in [2.05, 4.69) is 24.1 Å². The summed E-state index contributed by atoms with van der Waals surface area (Å²) in [4.78, 5) is 17.4. The lowest BCUT2D eigenvalue weighted by molar-refractivity contribution is 0.0207. The number of methoxy groups -OCH3 is 1. The van der Waals surface area contributed by atoms with Crippen LogP contribution in [0.1, 0.15) is 36.4 Å². The third-order valence-corrected chi connectivity index (χ3v) is 8.82. The monoisotopic (exact) mass is 497 g/mol. The van der Waals surface area contributed by atoms with Crippen LogP contribution < -0.4 is 5.32 Å². The lowest BCUT2D eigenvalue weighted by Crippen LogP contribution is -2.22. The van der Waals surface area contributed by atoms with Gasteiger partial charge in [0, 0.05) is 38.7 Å². The molecule has 0 atom stereocenters. The van der Waals surface area contributed by atoms with Crippen molar-refractivity contribution in [2.24, 2.45) is 0 Å². The molecule has 0 aliphatic rings. The number of rotatable bonds is 9. The van der Waals surface area contributed by atoms with Crippen LogP contribution >= 0.6 is 23.1 Å². The van der Waals surface area contributed by atoms with Gasteiger partial charge < -0.3 is 14.5 Å². The fourth-order valence-electron chi connectivity index (χ4n) is 2.71. The average Bonchev–Trinajstić information content (AvgIpc) is 3.30. The van der Waals surface area contributed by atoms with Crippen LogP contribution in [-0.2, 0) is 14.8 Å². The highest BCUT2D eigenvalue weighted by Gasteiger charge is 2.26. The lowest BCUT2D eigenvalue weighted by Gasteiger charge is -2.21. The van der Waals surface area contributed by atoms with Gasteiger partial charge in [-0.2, -0.15) is 0 Å². The van der Waals surface area contributed by atoms with Gasteiger partial charge in [0.1, 0.15) is 5.76 Å². The maximum Gasteiger partial charge on any atom is 0.275 e. The minimum absolute atomic E-state index is 0.169. The number of nitrogens with zero attached hydrogens (tertiary/aromatic N) is 2. The molecule has 3 aromatic rings. The molecule has 2 heterocycles.